The van der Waals surface area contributed by atoms with Gasteiger partial charge in [-0.2, -0.15) is 0 Å². The average Bonchev–Trinajstić information content (AvgIpc) is 2.79. The summed E-state index contributed by atoms with van der Waals surface area (Å²) in [5, 5.41) is 4.90. The van der Waals surface area contributed by atoms with Crippen LogP contribution >= 0.6 is 0 Å². The molecule has 31 heavy (non-hydrogen) atoms. The number of hydrogen-bond acceptors (Lipinski definition) is 3. The number of carbonyl (C=O) groups excluding carboxylic acids is 2. The number of rotatable bonds is 9. The molecule has 0 saturated heterocycles. The molecule has 2 amide bonds. The second-order valence-corrected chi connectivity index (χ2v) is 7.74. The molecule has 0 aliphatic heterocycles. The van der Waals surface area contributed by atoms with Crippen molar-refractivity contribution in [1.29, 1.82) is 0 Å². The van der Waals surface area contributed by atoms with Gasteiger partial charge in [-0.05, 0) is 37.3 Å². The zero-order valence-corrected chi connectivity index (χ0v) is 18.4. The van der Waals surface area contributed by atoms with E-state index in [2.05, 4.69) is 5.32 Å². The van der Waals surface area contributed by atoms with E-state index in [1.807, 2.05) is 80.6 Å². The van der Waals surface area contributed by atoms with Gasteiger partial charge in [0.15, 0.2) is 6.61 Å². The van der Waals surface area contributed by atoms with Gasteiger partial charge in [0.2, 0.25) is 5.91 Å². The second kappa shape index (κ2) is 10.6. The first-order valence-electron chi connectivity index (χ1n) is 10.7. The first kappa shape index (κ1) is 22.3. The van der Waals surface area contributed by atoms with Gasteiger partial charge in [-0.25, -0.2) is 0 Å². The molecule has 0 aliphatic carbocycles. The topological polar surface area (TPSA) is 58.6 Å². The summed E-state index contributed by atoms with van der Waals surface area (Å²) in [4.78, 5) is 27.4. The smallest absolute Gasteiger partial charge is 0.261 e. The summed E-state index contributed by atoms with van der Waals surface area (Å²) in [6, 6.07) is 21.0. The lowest BCUT2D eigenvalue weighted by Gasteiger charge is -2.29. The van der Waals surface area contributed by atoms with Crippen molar-refractivity contribution in [2.75, 3.05) is 13.2 Å². The predicted octanol–water partition coefficient (Wildman–Crippen LogP) is 4.47. The van der Waals surface area contributed by atoms with Crippen LogP contribution in [0.15, 0.2) is 66.7 Å². The van der Waals surface area contributed by atoms with Crippen LogP contribution < -0.4 is 10.1 Å². The third kappa shape index (κ3) is 5.85. The van der Waals surface area contributed by atoms with Crippen molar-refractivity contribution >= 4 is 22.6 Å². The molecule has 3 aromatic rings. The minimum atomic E-state index is -0.601. The fraction of sp³-hybridized carbons (Fsp3) is 0.308. The molecule has 5 nitrogen and oxygen atoms in total. The number of carbonyl (C=O) groups is 2. The molecule has 0 fully saturated rings. The molecule has 3 aromatic carbocycles. The highest BCUT2D eigenvalue weighted by Gasteiger charge is 2.26. The second-order valence-electron chi connectivity index (χ2n) is 7.74. The summed E-state index contributed by atoms with van der Waals surface area (Å²) in [6.07, 6.45) is 0.842. The Bertz CT molecular complexity index is 1040. The van der Waals surface area contributed by atoms with Crippen LogP contribution in [-0.4, -0.2) is 35.9 Å². The summed E-state index contributed by atoms with van der Waals surface area (Å²) < 4.78 is 5.91. The van der Waals surface area contributed by atoms with Crippen LogP contribution in [0.3, 0.4) is 0 Å². The first-order valence-corrected chi connectivity index (χ1v) is 10.7. The Hall–Kier alpha value is -3.34. The maximum absolute atomic E-state index is 13.2. The van der Waals surface area contributed by atoms with E-state index >= 15 is 0 Å². The normalized spacial score (nSPS) is 11.7. The van der Waals surface area contributed by atoms with Crippen molar-refractivity contribution in [3.8, 4) is 5.75 Å². The zero-order chi connectivity index (χ0) is 22.2. The molecule has 0 aliphatic rings. The van der Waals surface area contributed by atoms with Gasteiger partial charge in [-0.15, -0.1) is 0 Å². The molecule has 0 unspecified atom stereocenters. The number of amides is 2. The molecule has 0 heterocycles. The van der Waals surface area contributed by atoms with Crippen LogP contribution in [-0.2, 0) is 16.1 Å². The van der Waals surface area contributed by atoms with Crippen LogP contribution in [0.5, 0.6) is 5.75 Å². The molecular formula is C26H30N2O3. The summed E-state index contributed by atoms with van der Waals surface area (Å²) >= 11 is 0. The van der Waals surface area contributed by atoms with E-state index in [9.17, 15) is 9.59 Å². The molecule has 162 valence electrons. The fourth-order valence-electron chi connectivity index (χ4n) is 3.53. The molecule has 0 radical (unpaired) electrons. The monoisotopic (exact) mass is 418 g/mol. The predicted molar refractivity (Wildman–Crippen MR) is 124 cm³/mol. The number of benzene rings is 3. The molecule has 1 atom stereocenters. The number of aryl methyl sites for hydroxylation is 1. The summed E-state index contributed by atoms with van der Waals surface area (Å²) in [5.41, 5.74) is 2.09. The molecule has 0 spiro atoms. The molecule has 0 saturated carbocycles. The van der Waals surface area contributed by atoms with Crippen LogP contribution in [0.1, 0.15) is 31.4 Å². The van der Waals surface area contributed by atoms with Crippen molar-refractivity contribution in [3.05, 3.63) is 77.9 Å². The van der Waals surface area contributed by atoms with E-state index < -0.39 is 6.04 Å². The number of fused-ring (bicyclic) bond motifs is 1. The first-order chi connectivity index (χ1) is 15.0. The summed E-state index contributed by atoms with van der Waals surface area (Å²) in [7, 11) is 0. The summed E-state index contributed by atoms with van der Waals surface area (Å²) in [5.74, 6) is 0.270. The van der Waals surface area contributed by atoms with Gasteiger partial charge < -0.3 is 15.0 Å². The van der Waals surface area contributed by atoms with E-state index in [4.69, 9.17) is 4.74 Å². The van der Waals surface area contributed by atoms with Gasteiger partial charge in [0.25, 0.3) is 5.91 Å². The minimum Gasteiger partial charge on any atom is -0.483 e. The van der Waals surface area contributed by atoms with Gasteiger partial charge >= 0.3 is 0 Å². The third-order valence-corrected chi connectivity index (χ3v) is 5.25. The molecule has 0 bridgehead atoms. The number of nitrogens with zero attached hydrogens (tertiary/aromatic N) is 1. The summed E-state index contributed by atoms with van der Waals surface area (Å²) in [6.45, 7) is 6.57. The molecule has 0 aromatic heterocycles. The van der Waals surface area contributed by atoms with Gasteiger partial charge in [0, 0.05) is 18.5 Å². The Morgan fingerprint density at radius 3 is 2.55 bits per heavy atom. The van der Waals surface area contributed by atoms with Gasteiger partial charge in [-0.1, -0.05) is 73.2 Å². The van der Waals surface area contributed by atoms with Crippen molar-refractivity contribution in [2.45, 2.75) is 39.8 Å². The number of nitrogens with one attached hydrogen (secondary N) is 1. The molecule has 3 rings (SSSR count). The standard InChI is InChI=1S/C26H30N2O3/c1-4-15-27-26(30)20(3)28(17-21-10-7-9-19(2)16-21)25(29)18-31-24-14-8-12-22-11-5-6-13-23(22)24/h5-14,16,20H,4,15,17-18H2,1-3H3,(H,27,30)/t20-/m1/s1. The van der Waals surface area contributed by atoms with Crippen LogP contribution in [0, 0.1) is 6.92 Å². The van der Waals surface area contributed by atoms with Crippen LogP contribution in [0.2, 0.25) is 0 Å². The van der Waals surface area contributed by atoms with Gasteiger partial charge in [0.1, 0.15) is 11.8 Å². The number of ether oxygens (including phenoxy) is 1. The zero-order valence-electron chi connectivity index (χ0n) is 18.4. The SMILES string of the molecule is CCCNC(=O)[C@@H](C)N(Cc1cccc(C)c1)C(=O)COc1cccc2ccccc12. The quantitative estimate of drug-likeness (QED) is 0.558. The lowest BCUT2D eigenvalue weighted by molar-refractivity contribution is -0.142. The van der Waals surface area contributed by atoms with Gasteiger partial charge in [0.05, 0.1) is 0 Å². The van der Waals surface area contributed by atoms with E-state index in [1.54, 1.807) is 11.8 Å². The maximum Gasteiger partial charge on any atom is 0.261 e. The van der Waals surface area contributed by atoms with E-state index in [0.717, 1.165) is 28.3 Å². The van der Waals surface area contributed by atoms with Crippen LogP contribution in [0.4, 0.5) is 0 Å². The highest BCUT2D eigenvalue weighted by atomic mass is 16.5. The lowest BCUT2D eigenvalue weighted by Crippen LogP contribution is -2.49. The fourth-order valence-corrected chi connectivity index (χ4v) is 3.53. The lowest BCUT2D eigenvalue weighted by atomic mass is 10.1. The van der Waals surface area contributed by atoms with Crippen molar-refractivity contribution in [3.63, 3.8) is 0 Å². The van der Waals surface area contributed by atoms with E-state index in [1.165, 1.54) is 0 Å². The number of hydrogen-bond donors (Lipinski definition) is 1. The van der Waals surface area contributed by atoms with Crippen molar-refractivity contribution in [1.82, 2.24) is 10.2 Å². The van der Waals surface area contributed by atoms with Crippen molar-refractivity contribution in [2.24, 2.45) is 0 Å². The molecule has 5 heteroatoms. The Morgan fingerprint density at radius 1 is 1.03 bits per heavy atom. The van der Waals surface area contributed by atoms with Crippen LogP contribution in [0.25, 0.3) is 10.8 Å². The Morgan fingerprint density at radius 2 is 1.77 bits per heavy atom. The van der Waals surface area contributed by atoms with Crippen molar-refractivity contribution < 1.29 is 14.3 Å². The molecule has 1 N–H and O–H groups in total. The Kier molecular flexibility index (Phi) is 7.65. The minimum absolute atomic E-state index is 0.134. The maximum atomic E-state index is 13.2. The highest BCUT2D eigenvalue weighted by Crippen LogP contribution is 2.25. The average molecular weight is 419 g/mol. The molecular weight excluding hydrogens is 388 g/mol. The third-order valence-electron chi connectivity index (χ3n) is 5.25. The van der Waals surface area contributed by atoms with E-state index in [-0.39, 0.29) is 18.4 Å². The van der Waals surface area contributed by atoms with Gasteiger partial charge in [-0.3, -0.25) is 9.59 Å². The van der Waals surface area contributed by atoms with E-state index in [0.29, 0.717) is 18.8 Å². The Labute approximate surface area is 184 Å². The highest BCUT2D eigenvalue weighted by molar-refractivity contribution is 5.90. The Balaban J connectivity index is 1.78. The largest absolute Gasteiger partial charge is 0.483 e.